The third kappa shape index (κ3) is 2.68. The third-order valence-electron chi connectivity index (χ3n) is 2.78. The fourth-order valence-electron chi connectivity index (χ4n) is 1.87. The maximum atomic E-state index is 13.3. The predicted molar refractivity (Wildman–Crippen MR) is 66.1 cm³/mol. The molecule has 1 atom stereocenters. The Morgan fingerprint density at radius 3 is 2.50 bits per heavy atom. The summed E-state index contributed by atoms with van der Waals surface area (Å²) in [7, 11) is 1.49. The molecule has 0 aliphatic heterocycles. The molecule has 0 fully saturated rings. The van der Waals surface area contributed by atoms with E-state index in [4.69, 9.17) is 5.73 Å². The second-order valence-corrected chi connectivity index (χ2v) is 4.85. The predicted octanol–water partition coefficient (Wildman–Crippen LogP) is 2.78. The molecule has 0 aliphatic carbocycles. The van der Waals surface area contributed by atoms with Gasteiger partial charge in [0.1, 0.15) is 5.82 Å². The number of benzene rings is 1. The number of halogens is 5. The van der Waals surface area contributed by atoms with Crippen LogP contribution in [0.1, 0.15) is 22.9 Å². The standard InChI is InChI=1S/C11H9BrF4N4/c1-20-9(10(12)18-19-20)8(17)6-4-5(13)2-3-7(6)11(14,15)16/h2-4,8H,17H2,1H3. The molecular weight excluding hydrogens is 344 g/mol. The van der Waals surface area contributed by atoms with Crippen molar-refractivity contribution in [3.8, 4) is 0 Å². The van der Waals surface area contributed by atoms with E-state index < -0.39 is 23.6 Å². The number of nitrogens with zero attached hydrogens (tertiary/aromatic N) is 3. The molecule has 1 aromatic heterocycles. The smallest absolute Gasteiger partial charge is 0.319 e. The van der Waals surface area contributed by atoms with E-state index in [1.165, 1.54) is 11.7 Å². The van der Waals surface area contributed by atoms with Crippen LogP contribution in [0.4, 0.5) is 17.6 Å². The van der Waals surface area contributed by atoms with Crippen molar-refractivity contribution in [1.82, 2.24) is 15.0 Å². The van der Waals surface area contributed by atoms with E-state index in [1.807, 2.05) is 0 Å². The highest BCUT2D eigenvalue weighted by atomic mass is 79.9. The van der Waals surface area contributed by atoms with Crippen molar-refractivity contribution >= 4 is 15.9 Å². The van der Waals surface area contributed by atoms with Gasteiger partial charge >= 0.3 is 6.18 Å². The Balaban J connectivity index is 2.60. The van der Waals surface area contributed by atoms with Crippen molar-refractivity contribution in [2.45, 2.75) is 12.2 Å². The molecule has 1 unspecified atom stereocenters. The van der Waals surface area contributed by atoms with Gasteiger partial charge in [-0.15, -0.1) is 5.10 Å². The van der Waals surface area contributed by atoms with Gasteiger partial charge in [-0.3, -0.25) is 0 Å². The third-order valence-corrected chi connectivity index (χ3v) is 3.34. The lowest BCUT2D eigenvalue weighted by molar-refractivity contribution is -0.138. The molecular formula is C11H9BrF4N4. The number of alkyl halides is 3. The first-order valence-electron chi connectivity index (χ1n) is 5.39. The summed E-state index contributed by atoms with van der Waals surface area (Å²) in [5.41, 5.74) is 4.70. The molecule has 0 bridgehead atoms. The van der Waals surface area contributed by atoms with Crippen LogP contribution in [0.5, 0.6) is 0 Å². The van der Waals surface area contributed by atoms with Gasteiger partial charge in [-0.05, 0) is 39.7 Å². The number of aromatic nitrogens is 3. The first kappa shape index (κ1) is 14.9. The highest BCUT2D eigenvalue weighted by Gasteiger charge is 2.36. The highest BCUT2D eigenvalue weighted by molar-refractivity contribution is 9.10. The first-order chi connectivity index (χ1) is 9.21. The molecule has 9 heteroatoms. The van der Waals surface area contributed by atoms with Gasteiger partial charge in [-0.2, -0.15) is 13.2 Å². The van der Waals surface area contributed by atoms with Crippen molar-refractivity contribution in [1.29, 1.82) is 0 Å². The molecule has 108 valence electrons. The Morgan fingerprint density at radius 2 is 2.00 bits per heavy atom. The number of rotatable bonds is 2. The summed E-state index contributed by atoms with van der Waals surface area (Å²) in [5.74, 6) is -0.797. The monoisotopic (exact) mass is 352 g/mol. The molecule has 2 aromatic rings. The van der Waals surface area contributed by atoms with E-state index in [1.54, 1.807) is 0 Å². The lowest BCUT2D eigenvalue weighted by atomic mass is 9.98. The number of aryl methyl sites for hydroxylation is 1. The molecule has 0 saturated heterocycles. The van der Waals surface area contributed by atoms with Crippen LogP contribution in [-0.2, 0) is 13.2 Å². The zero-order valence-corrected chi connectivity index (χ0v) is 11.7. The molecule has 1 heterocycles. The summed E-state index contributed by atoms with van der Waals surface area (Å²) in [4.78, 5) is 0. The highest BCUT2D eigenvalue weighted by Crippen LogP contribution is 2.37. The first-order valence-corrected chi connectivity index (χ1v) is 6.18. The van der Waals surface area contributed by atoms with Crippen LogP contribution >= 0.6 is 15.9 Å². The van der Waals surface area contributed by atoms with E-state index >= 15 is 0 Å². The van der Waals surface area contributed by atoms with E-state index in [-0.39, 0.29) is 15.9 Å². The zero-order chi connectivity index (χ0) is 15.1. The summed E-state index contributed by atoms with van der Waals surface area (Å²) >= 11 is 3.06. The van der Waals surface area contributed by atoms with Crippen LogP contribution in [-0.4, -0.2) is 15.0 Å². The molecule has 2 rings (SSSR count). The Hall–Kier alpha value is -1.48. The summed E-state index contributed by atoms with van der Waals surface area (Å²) < 4.78 is 53.6. The fourth-order valence-corrected chi connectivity index (χ4v) is 2.44. The Kier molecular flexibility index (Phi) is 3.83. The second-order valence-electron chi connectivity index (χ2n) is 4.10. The normalized spacial score (nSPS) is 13.6. The minimum absolute atomic E-state index is 0.213. The van der Waals surface area contributed by atoms with Crippen LogP contribution < -0.4 is 5.73 Å². The van der Waals surface area contributed by atoms with Crippen LogP contribution in [0.15, 0.2) is 22.8 Å². The van der Waals surface area contributed by atoms with Crippen molar-refractivity contribution in [3.63, 3.8) is 0 Å². The SMILES string of the molecule is Cn1nnc(Br)c1C(N)c1cc(F)ccc1C(F)(F)F. The van der Waals surface area contributed by atoms with E-state index in [0.717, 1.165) is 12.1 Å². The topological polar surface area (TPSA) is 56.7 Å². The zero-order valence-electron chi connectivity index (χ0n) is 10.1. The number of hydrogen-bond acceptors (Lipinski definition) is 3. The molecule has 0 spiro atoms. The van der Waals surface area contributed by atoms with Crippen molar-refractivity contribution in [2.75, 3.05) is 0 Å². The van der Waals surface area contributed by atoms with Crippen LogP contribution in [0.3, 0.4) is 0 Å². The van der Waals surface area contributed by atoms with Crippen molar-refractivity contribution in [2.24, 2.45) is 12.8 Å². The van der Waals surface area contributed by atoms with Gasteiger partial charge in [0.2, 0.25) is 0 Å². The molecule has 1 aromatic carbocycles. The number of nitrogens with two attached hydrogens (primary N) is 1. The fraction of sp³-hybridized carbons (Fsp3) is 0.273. The van der Waals surface area contributed by atoms with E-state index in [0.29, 0.717) is 6.07 Å². The van der Waals surface area contributed by atoms with Gasteiger partial charge in [-0.25, -0.2) is 9.07 Å². The van der Waals surface area contributed by atoms with Gasteiger partial charge in [0.25, 0.3) is 0 Å². The van der Waals surface area contributed by atoms with Gasteiger partial charge < -0.3 is 5.73 Å². The minimum atomic E-state index is -4.63. The second kappa shape index (κ2) is 5.13. The Labute approximate surface area is 119 Å². The lowest BCUT2D eigenvalue weighted by Crippen LogP contribution is -2.21. The lowest BCUT2D eigenvalue weighted by Gasteiger charge is -2.18. The summed E-state index contributed by atoms with van der Waals surface area (Å²) in [5, 5.41) is 7.29. The minimum Gasteiger partial charge on any atom is -0.319 e. The molecule has 0 aliphatic rings. The van der Waals surface area contributed by atoms with Crippen molar-refractivity contribution < 1.29 is 17.6 Å². The molecule has 4 nitrogen and oxygen atoms in total. The largest absolute Gasteiger partial charge is 0.416 e. The molecule has 0 saturated carbocycles. The molecule has 2 N–H and O–H groups in total. The van der Waals surface area contributed by atoms with Gasteiger partial charge in [0.05, 0.1) is 17.3 Å². The van der Waals surface area contributed by atoms with Gasteiger partial charge in [0.15, 0.2) is 4.60 Å². The van der Waals surface area contributed by atoms with Gasteiger partial charge in [0, 0.05) is 7.05 Å². The molecule has 0 amide bonds. The van der Waals surface area contributed by atoms with Crippen LogP contribution in [0, 0.1) is 5.82 Å². The molecule has 20 heavy (non-hydrogen) atoms. The Bertz CT molecular complexity index is 618. The average Bonchev–Trinajstić information content (AvgIpc) is 2.66. The summed E-state index contributed by atoms with van der Waals surface area (Å²) in [6.07, 6.45) is -4.63. The summed E-state index contributed by atoms with van der Waals surface area (Å²) in [6.45, 7) is 0. The van der Waals surface area contributed by atoms with Gasteiger partial charge in [-0.1, -0.05) is 5.21 Å². The quantitative estimate of drug-likeness (QED) is 0.845. The van der Waals surface area contributed by atoms with E-state index in [2.05, 4.69) is 26.2 Å². The van der Waals surface area contributed by atoms with Crippen LogP contribution in [0.25, 0.3) is 0 Å². The van der Waals surface area contributed by atoms with E-state index in [9.17, 15) is 17.6 Å². The van der Waals surface area contributed by atoms with Crippen molar-refractivity contribution in [3.05, 3.63) is 45.4 Å². The average molecular weight is 353 g/mol. The maximum absolute atomic E-state index is 13.3. The Morgan fingerprint density at radius 1 is 1.35 bits per heavy atom. The number of hydrogen-bond donors (Lipinski definition) is 1. The van der Waals surface area contributed by atoms with Crippen LogP contribution in [0.2, 0.25) is 0 Å². The molecule has 0 radical (unpaired) electrons. The maximum Gasteiger partial charge on any atom is 0.416 e. The summed E-state index contributed by atoms with van der Waals surface area (Å²) in [6, 6.07) is 0.974.